The number of benzene rings is 1. The summed E-state index contributed by atoms with van der Waals surface area (Å²) < 4.78 is 1.03. The molecule has 16 heavy (non-hydrogen) atoms. The van der Waals surface area contributed by atoms with E-state index in [1.807, 2.05) is 24.3 Å². The molecule has 0 saturated carbocycles. The average molecular weight is 280 g/mol. The third-order valence-electron chi connectivity index (χ3n) is 2.80. The van der Waals surface area contributed by atoms with Gasteiger partial charge in [-0.2, -0.15) is 5.26 Å². The molecule has 0 amide bonds. The van der Waals surface area contributed by atoms with Crippen LogP contribution in [0.25, 0.3) is 0 Å². The lowest BCUT2D eigenvalue weighted by Gasteiger charge is -2.31. The molecule has 1 aliphatic heterocycles. The molecule has 1 aliphatic rings. The molecule has 0 aliphatic carbocycles. The topological polar surface area (TPSA) is 39.1 Å². The average Bonchev–Trinajstić information content (AvgIpc) is 2.31. The summed E-state index contributed by atoms with van der Waals surface area (Å²) in [5, 5.41) is 12.6. The minimum Gasteiger partial charge on any atom is -0.314 e. The van der Waals surface area contributed by atoms with Gasteiger partial charge in [-0.25, -0.2) is 0 Å². The van der Waals surface area contributed by atoms with Crippen molar-refractivity contribution >= 4 is 15.9 Å². The predicted octanol–water partition coefficient (Wildman–Crippen LogP) is 1.92. The predicted molar refractivity (Wildman–Crippen MR) is 66.9 cm³/mol. The van der Waals surface area contributed by atoms with E-state index in [0.29, 0.717) is 0 Å². The Labute approximate surface area is 104 Å². The molecular formula is C12H14BrN3. The number of nitrogens with one attached hydrogen (secondary N) is 1. The van der Waals surface area contributed by atoms with Crippen molar-refractivity contribution in [2.24, 2.45) is 0 Å². The number of rotatable bonds is 2. The number of hydrogen-bond donors (Lipinski definition) is 1. The molecule has 1 unspecified atom stereocenters. The van der Waals surface area contributed by atoms with E-state index in [1.165, 1.54) is 0 Å². The number of nitriles is 1. The van der Waals surface area contributed by atoms with Crippen LogP contribution >= 0.6 is 15.9 Å². The van der Waals surface area contributed by atoms with Crippen LogP contribution < -0.4 is 5.32 Å². The fraction of sp³-hybridized carbons (Fsp3) is 0.417. The molecule has 0 spiro atoms. The fourth-order valence-corrected chi connectivity index (χ4v) is 2.40. The van der Waals surface area contributed by atoms with Gasteiger partial charge in [0.15, 0.2) is 0 Å². The van der Waals surface area contributed by atoms with Crippen LogP contribution in [-0.4, -0.2) is 31.1 Å². The van der Waals surface area contributed by atoms with Crippen LogP contribution in [0.15, 0.2) is 28.7 Å². The quantitative estimate of drug-likeness (QED) is 0.899. The maximum Gasteiger partial charge on any atom is 0.123 e. The van der Waals surface area contributed by atoms with E-state index in [0.717, 1.165) is 36.2 Å². The summed E-state index contributed by atoms with van der Waals surface area (Å²) in [6.45, 7) is 3.80. The highest BCUT2D eigenvalue weighted by atomic mass is 79.9. The van der Waals surface area contributed by atoms with E-state index in [1.54, 1.807) is 0 Å². The summed E-state index contributed by atoms with van der Waals surface area (Å²) in [5.74, 6) is 0. The Morgan fingerprint density at radius 1 is 1.38 bits per heavy atom. The second kappa shape index (κ2) is 5.44. The summed E-state index contributed by atoms with van der Waals surface area (Å²) in [4.78, 5) is 2.22. The lowest BCUT2D eigenvalue weighted by atomic mass is 10.1. The minimum atomic E-state index is -0.125. The Bertz CT molecular complexity index is 393. The maximum atomic E-state index is 9.30. The Hall–Kier alpha value is -0.890. The summed E-state index contributed by atoms with van der Waals surface area (Å²) in [6.07, 6.45) is 0. The zero-order valence-electron chi connectivity index (χ0n) is 8.99. The van der Waals surface area contributed by atoms with Crippen LogP contribution in [0.1, 0.15) is 11.6 Å². The van der Waals surface area contributed by atoms with Crippen molar-refractivity contribution in [1.29, 1.82) is 5.26 Å². The lowest BCUT2D eigenvalue weighted by molar-refractivity contribution is 0.207. The van der Waals surface area contributed by atoms with Gasteiger partial charge in [-0.05, 0) is 17.7 Å². The third kappa shape index (κ3) is 2.62. The molecule has 3 nitrogen and oxygen atoms in total. The molecule has 1 heterocycles. The van der Waals surface area contributed by atoms with E-state index in [9.17, 15) is 5.26 Å². The van der Waals surface area contributed by atoms with Gasteiger partial charge in [0, 0.05) is 30.7 Å². The normalized spacial score (nSPS) is 19.0. The van der Waals surface area contributed by atoms with Crippen LogP contribution in [-0.2, 0) is 0 Å². The molecule has 1 N–H and O–H groups in total. The van der Waals surface area contributed by atoms with E-state index in [-0.39, 0.29) is 6.04 Å². The van der Waals surface area contributed by atoms with Crippen LogP contribution in [0.5, 0.6) is 0 Å². The van der Waals surface area contributed by atoms with Crippen LogP contribution in [0.3, 0.4) is 0 Å². The molecular weight excluding hydrogens is 266 g/mol. The molecule has 0 aromatic heterocycles. The van der Waals surface area contributed by atoms with Crippen molar-refractivity contribution < 1.29 is 0 Å². The Balaban J connectivity index is 2.18. The zero-order chi connectivity index (χ0) is 11.4. The van der Waals surface area contributed by atoms with Gasteiger partial charge in [0.1, 0.15) is 6.04 Å². The molecule has 0 radical (unpaired) electrons. The molecule has 4 heteroatoms. The molecule has 2 rings (SSSR count). The Morgan fingerprint density at radius 3 is 2.75 bits per heavy atom. The summed E-state index contributed by atoms with van der Waals surface area (Å²) >= 11 is 3.44. The van der Waals surface area contributed by atoms with Gasteiger partial charge in [-0.3, -0.25) is 4.90 Å². The molecule has 1 aromatic rings. The van der Waals surface area contributed by atoms with Crippen LogP contribution in [0, 0.1) is 11.3 Å². The first-order chi connectivity index (χ1) is 7.81. The van der Waals surface area contributed by atoms with Crippen molar-refractivity contribution in [2.45, 2.75) is 6.04 Å². The van der Waals surface area contributed by atoms with Crippen LogP contribution in [0.2, 0.25) is 0 Å². The number of piperazine rings is 1. The first-order valence-electron chi connectivity index (χ1n) is 5.41. The fourth-order valence-electron chi connectivity index (χ4n) is 1.98. The zero-order valence-corrected chi connectivity index (χ0v) is 10.6. The van der Waals surface area contributed by atoms with E-state index in [4.69, 9.17) is 0 Å². The van der Waals surface area contributed by atoms with Crippen LogP contribution in [0.4, 0.5) is 0 Å². The molecule has 1 fully saturated rings. The Morgan fingerprint density at radius 2 is 2.12 bits per heavy atom. The second-order valence-electron chi connectivity index (χ2n) is 3.87. The second-order valence-corrected chi connectivity index (χ2v) is 4.79. The summed E-state index contributed by atoms with van der Waals surface area (Å²) in [6, 6.07) is 10.3. The van der Waals surface area contributed by atoms with E-state index < -0.39 is 0 Å². The van der Waals surface area contributed by atoms with Gasteiger partial charge in [0.25, 0.3) is 0 Å². The van der Waals surface area contributed by atoms with E-state index >= 15 is 0 Å². The molecule has 1 aromatic carbocycles. The minimum absolute atomic E-state index is 0.125. The van der Waals surface area contributed by atoms with Gasteiger partial charge in [-0.15, -0.1) is 0 Å². The van der Waals surface area contributed by atoms with Gasteiger partial charge >= 0.3 is 0 Å². The van der Waals surface area contributed by atoms with Gasteiger partial charge in [0.2, 0.25) is 0 Å². The summed E-state index contributed by atoms with van der Waals surface area (Å²) in [5.41, 5.74) is 1.07. The van der Waals surface area contributed by atoms with Crippen molar-refractivity contribution in [3.63, 3.8) is 0 Å². The largest absolute Gasteiger partial charge is 0.314 e. The first kappa shape index (κ1) is 11.6. The monoisotopic (exact) mass is 279 g/mol. The SMILES string of the molecule is N#CC(c1cccc(Br)c1)N1CCNCC1. The van der Waals surface area contributed by atoms with Crippen molar-refractivity contribution in [3.05, 3.63) is 34.3 Å². The highest BCUT2D eigenvalue weighted by Crippen LogP contribution is 2.23. The third-order valence-corrected chi connectivity index (χ3v) is 3.30. The van der Waals surface area contributed by atoms with Gasteiger partial charge < -0.3 is 5.32 Å². The number of nitrogens with zero attached hydrogens (tertiary/aromatic N) is 2. The smallest absolute Gasteiger partial charge is 0.123 e. The Kier molecular flexibility index (Phi) is 3.94. The summed E-state index contributed by atoms with van der Waals surface area (Å²) in [7, 11) is 0. The highest BCUT2D eigenvalue weighted by Gasteiger charge is 2.21. The first-order valence-corrected chi connectivity index (χ1v) is 6.20. The maximum absolute atomic E-state index is 9.30. The number of halogens is 1. The van der Waals surface area contributed by atoms with Crippen molar-refractivity contribution in [2.75, 3.05) is 26.2 Å². The van der Waals surface area contributed by atoms with Crippen molar-refractivity contribution in [3.8, 4) is 6.07 Å². The van der Waals surface area contributed by atoms with E-state index in [2.05, 4.69) is 32.2 Å². The van der Waals surface area contributed by atoms with Gasteiger partial charge in [0.05, 0.1) is 6.07 Å². The number of hydrogen-bond acceptors (Lipinski definition) is 3. The molecule has 84 valence electrons. The molecule has 1 saturated heterocycles. The molecule has 1 atom stereocenters. The molecule has 0 bridgehead atoms. The lowest BCUT2D eigenvalue weighted by Crippen LogP contribution is -2.44. The van der Waals surface area contributed by atoms with Gasteiger partial charge in [-0.1, -0.05) is 28.1 Å². The highest BCUT2D eigenvalue weighted by molar-refractivity contribution is 9.10. The van der Waals surface area contributed by atoms with Crippen molar-refractivity contribution in [1.82, 2.24) is 10.2 Å². The standard InChI is InChI=1S/C12H14BrN3/c13-11-3-1-2-10(8-11)12(9-14)16-6-4-15-5-7-16/h1-3,8,12,15H,4-7H2.